The highest BCUT2D eigenvalue weighted by Crippen LogP contribution is 2.11. The minimum absolute atomic E-state index is 0.0225. The topological polar surface area (TPSA) is 80.9 Å². The fraction of sp³-hybridized carbons (Fsp3) is 0.750. The zero-order valence-corrected chi connectivity index (χ0v) is 8.56. The van der Waals surface area contributed by atoms with Gasteiger partial charge in [0.05, 0.1) is 13.5 Å². The van der Waals surface area contributed by atoms with Crippen molar-refractivity contribution in [3.8, 4) is 0 Å². The highest BCUT2D eigenvalue weighted by atomic mass is 16.3. The molecule has 0 aromatic carbocycles. The molecular weight excluding hydrogens is 184 g/mol. The van der Waals surface area contributed by atoms with Crippen LogP contribution < -0.4 is 0 Å². The van der Waals surface area contributed by atoms with Crippen LogP contribution in [0.25, 0.3) is 0 Å². The minimum atomic E-state index is -1.29. The largest absolute Gasteiger partial charge is 0.382 e. The molecule has 6 nitrogen and oxygen atoms in total. The van der Waals surface area contributed by atoms with Crippen LogP contribution in [0, 0.1) is 0 Å². The van der Waals surface area contributed by atoms with Crippen molar-refractivity contribution in [3.05, 3.63) is 5.82 Å². The third-order valence-electron chi connectivity index (χ3n) is 2.16. The van der Waals surface area contributed by atoms with Crippen LogP contribution in [0.2, 0.25) is 0 Å². The van der Waals surface area contributed by atoms with Crippen molar-refractivity contribution in [1.82, 2.24) is 20.2 Å². The average Bonchev–Trinajstić information content (AvgIpc) is 2.51. The second-order valence-electron chi connectivity index (χ2n) is 3.42. The Bertz CT molecular complexity index is 332. The van der Waals surface area contributed by atoms with Crippen LogP contribution in [0.4, 0.5) is 0 Å². The molecule has 0 bridgehead atoms. The quantitative estimate of drug-likeness (QED) is 0.704. The van der Waals surface area contributed by atoms with E-state index in [0.717, 1.165) is 0 Å². The first-order valence-electron chi connectivity index (χ1n) is 4.44. The first kappa shape index (κ1) is 10.8. The van der Waals surface area contributed by atoms with Gasteiger partial charge >= 0.3 is 0 Å². The summed E-state index contributed by atoms with van der Waals surface area (Å²) < 4.78 is 0. The number of Topliss-reactive ketones (excluding diaryl/α,β-unsaturated/α-hetero) is 1. The van der Waals surface area contributed by atoms with Gasteiger partial charge in [-0.3, -0.25) is 4.79 Å². The van der Waals surface area contributed by atoms with E-state index in [1.54, 1.807) is 14.0 Å². The molecule has 0 saturated carbocycles. The molecule has 0 aliphatic heterocycles. The van der Waals surface area contributed by atoms with Gasteiger partial charge in [-0.15, -0.1) is 10.2 Å². The van der Waals surface area contributed by atoms with Gasteiger partial charge < -0.3 is 5.11 Å². The predicted molar refractivity (Wildman–Crippen MR) is 48.4 cm³/mol. The van der Waals surface area contributed by atoms with Crippen LogP contribution in [0.1, 0.15) is 26.1 Å². The normalized spacial score (nSPS) is 15.1. The van der Waals surface area contributed by atoms with Crippen molar-refractivity contribution in [1.29, 1.82) is 0 Å². The molecule has 0 saturated heterocycles. The van der Waals surface area contributed by atoms with Crippen LogP contribution >= 0.6 is 0 Å². The van der Waals surface area contributed by atoms with Crippen molar-refractivity contribution in [2.45, 2.75) is 32.3 Å². The molecule has 1 aromatic rings. The second-order valence-corrected chi connectivity index (χ2v) is 3.42. The van der Waals surface area contributed by atoms with Crippen molar-refractivity contribution < 1.29 is 9.90 Å². The molecule has 1 rings (SSSR count). The monoisotopic (exact) mass is 198 g/mol. The van der Waals surface area contributed by atoms with Gasteiger partial charge in [0.1, 0.15) is 5.60 Å². The van der Waals surface area contributed by atoms with Crippen LogP contribution in [-0.2, 0) is 18.3 Å². The molecule has 0 spiro atoms. The Morgan fingerprint density at radius 2 is 2.29 bits per heavy atom. The number of aromatic nitrogens is 4. The number of aryl methyl sites for hydroxylation is 1. The van der Waals surface area contributed by atoms with Crippen molar-refractivity contribution in [2.24, 2.45) is 7.05 Å². The molecule has 0 fully saturated rings. The molecule has 1 aromatic heterocycles. The maximum Gasteiger partial charge on any atom is 0.182 e. The number of tetrazole rings is 1. The van der Waals surface area contributed by atoms with E-state index in [0.29, 0.717) is 12.2 Å². The molecule has 0 aliphatic rings. The van der Waals surface area contributed by atoms with E-state index in [4.69, 9.17) is 0 Å². The Kier molecular flexibility index (Phi) is 2.95. The number of aliphatic hydroxyl groups is 1. The summed E-state index contributed by atoms with van der Waals surface area (Å²) in [5.74, 6) is 0.0548. The van der Waals surface area contributed by atoms with E-state index < -0.39 is 5.60 Å². The van der Waals surface area contributed by atoms with Gasteiger partial charge in [-0.05, 0) is 18.6 Å². The lowest BCUT2D eigenvalue weighted by Crippen LogP contribution is -2.35. The van der Waals surface area contributed by atoms with Crippen LogP contribution in [0.5, 0.6) is 0 Å². The van der Waals surface area contributed by atoms with Gasteiger partial charge in [0.25, 0.3) is 0 Å². The van der Waals surface area contributed by atoms with Gasteiger partial charge in [0.15, 0.2) is 11.6 Å². The Morgan fingerprint density at radius 3 is 2.71 bits per heavy atom. The molecule has 14 heavy (non-hydrogen) atoms. The van der Waals surface area contributed by atoms with E-state index >= 15 is 0 Å². The number of hydrogen-bond donors (Lipinski definition) is 1. The van der Waals surface area contributed by atoms with Crippen LogP contribution in [0.3, 0.4) is 0 Å². The lowest BCUT2D eigenvalue weighted by Gasteiger charge is -2.18. The zero-order valence-electron chi connectivity index (χ0n) is 8.56. The standard InChI is InChI=1S/C8H14N4O2/c1-4-8(2,14)6(13)5-7-9-11-12(3)10-7/h14H,4-5H2,1-3H3. The number of nitrogens with zero attached hydrogens (tertiary/aromatic N) is 4. The second kappa shape index (κ2) is 3.83. The molecule has 78 valence electrons. The van der Waals surface area contributed by atoms with E-state index in [1.165, 1.54) is 11.7 Å². The van der Waals surface area contributed by atoms with E-state index in [1.807, 2.05) is 0 Å². The van der Waals surface area contributed by atoms with Gasteiger partial charge in [0.2, 0.25) is 0 Å². The third-order valence-corrected chi connectivity index (χ3v) is 2.16. The fourth-order valence-electron chi connectivity index (χ4n) is 0.925. The average molecular weight is 198 g/mol. The summed E-state index contributed by atoms with van der Waals surface area (Å²) in [5.41, 5.74) is -1.29. The van der Waals surface area contributed by atoms with Gasteiger partial charge in [0, 0.05) is 0 Å². The molecule has 1 unspecified atom stereocenters. The van der Waals surface area contributed by atoms with Crippen molar-refractivity contribution in [2.75, 3.05) is 0 Å². The molecule has 1 N–H and O–H groups in total. The Hall–Kier alpha value is -1.30. The third kappa shape index (κ3) is 2.35. The van der Waals surface area contributed by atoms with Gasteiger partial charge in [-0.25, -0.2) is 0 Å². The summed E-state index contributed by atoms with van der Waals surface area (Å²) in [6.07, 6.45) is 0.404. The van der Waals surface area contributed by atoms with Crippen molar-refractivity contribution >= 4 is 5.78 Å². The van der Waals surface area contributed by atoms with E-state index in [-0.39, 0.29) is 12.2 Å². The summed E-state index contributed by atoms with van der Waals surface area (Å²) in [7, 11) is 1.62. The molecular formula is C8H14N4O2. The number of carbonyl (C=O) groups is 1. The molecule has 0 aliphatic carbocycles. The molecule has 1 atom stereocenters. The zero-order chi connectivity index (χ0) is 10.8. The highest BCUT2D eigenvalue weighted by Gasteiger charge is 2.28. The number of hydrogen-bond acceptors (Lipinski definition) is 5. The van der Waals surface area contributed by atoms with E-state index in [2.05, 4.69) is 15.4 Å². The fourth-order valence-corrected chi connectivity index (χ4v) is 0.925. The summed E-state index contributed by atoms with van der Waals surface area (Å²) in [6.45, 7) is 3.24. The lowest BCUT2D eigenvalue weighted by molar-refractivity contribution is -0.135. The predicted octanol–water partition coefficient (Wildman–Crippen LogP) is -0.517. The summed E-state index contributed by atoms with van der Waals surface area (Å²) in [4.78, 5) is 12.8. The minimum Gasteiger partial charge on any atom is -0.382 e. The Labute approximate surface area is 81.9 Å². The Balaban J connectivity index is 2.66. The Morgan fingerprint density at radius 1 is 1.64 bits per heavy atom. The highest BCUT2D eigenvalue weighted by molar-refractivity contribution is 5.87. The molecule has 0 amide bonds. The molecule has 0 radical (unpaired) electrons. The number of ketones is 1. The van der Waals surface area contributed by atoms with Gasteiger partial charge in [-0.2, -0.15) is 4.80 Å². The summed E-state index contributed by atoms with van der Waals surface area (Å²) in [6, 6.07) is 0. The lowest BCUT2D eigenvalue weighted by atomic mass is 9.95. The van der Waals surface area contributed by atoms with Crippen LogP contribution in [-0.4, -0.2) is 36.7 Å². The molecule has 6 heteroatoms. The van der Waals surface area contributed by atoms with Gasteiger partial charge in [-0.1, -0.05) is 6.92 Å². The first-order valence-corrected chi connectivity index (χ1v) is 4.44. The number of rotatable bonds is 4. The van der Waals surface area contributed by atoms with Crippen LogP contribution in [0.15, 0.2) is 0 Å². The number of carbonyl (C=O) groups excluding carboxylic acids is 1. The summed E-state index contributed by atoms with van der Waals surface area (Å²) in [5, 5.41) is 20.8. The maximum absolute atomic E-state index is 11.5. The first-order chi connectivity index (χ1) is 6.45. The summed E-state index contributed by atoms with van der Waals surface area (Å²) >= 11 is 0. The smallest absolute Gasteiger partial charge is 0.182 e. The molecule has 1 heterocycles. The maximum atomic E-state index is 11.5. The SMILES string of the molecule is CCC(C)(O)C(=O)Cc1nnn(C)n1. The van der Waals surface area contributed by atoms with Crippen molar-refractivity contribution in [3.63, 3.8) is 0 Å². The van der Waals surface area contributed by atoms with E-state index in [9.17, 15) is 9.90 Å².